The first-order chi connectivity index (χ1) is 14.3. The van der Waals surface area contributed by atoms with Crippen LogP contribution in [0.15, 0.2) is 59.5 Å². The van der Waals surface area contributed by atoms with Crippen molar-refractivity contribution >= 4 is 15.9 Å². The molecule has 2 aromatic rings. The lowest BCUT2D eigenvalue weighted by atomic mass is 9.95. The first-order valence-electron chi connectivity index (χ1n) is 10.2. The largest absolute Gasteiger partial charge is 0.336 e. The number of rotatable bonds is 6. The Kier molecular flexibility index (Phi) is 6.91. The molecule has 1 aliphatic heterocycles. The van der Waals surface area contributed by atoms with Gasteiger partial charge in [0.2, 0.25) is 15.9 Å². The highest BCUT2D eigenvalue weighted by atomic mass is 32.2. The van der Waals surface area contributed by atoms with Crippen LogP contribution in [-0.4, -0.2) is 42.7 Å². The third kappa shape index (κ3) is 4.89. The standard InChI is InChI=1S/C23H27N3O3S/c1-18(2)26(17-20-6-4-3-5-7-20)23(27)21-12-14-25(15-13-21)30(28,29)22-10-8-19(16-24)9-11-22/h3-11,18,21H,12-15,17H2,1-2H3. The van der Waals surface area contributed by atoms with E-state index in [2.05, 4.69) is 0 Å². The van der Waals surface area contributed by atoms with Gasteiger partial charge in [0, 0.05) is 31.6 Å². The number of carbonyl (C=O) groups is 1. The van der Waals surface area contributed by atoms with E-state index in [0.29, 0.717) is 38.0 Å². The van der Waals surface area contributed by atoms with E-state index in [1.807, 2.05) is 55.1 Å². The molecule has 7 heteroatoms. The second-order valence-electron chi connectivity index (χ2n) is 7.86. The molecule has 0 bridgehead atoms. The zero-order chi connectivity index (χ0) is 21.7. The Morgan fingerprint density at radius 1 is 1.10 bits per heavy atom. The maximum absolute atomic E-state index is 13.2. The lowest BCUT2D eigenvalue weighted by molar-refractivity contribution is -0.139. The summed E-state index contributed by atoms with van der Waals surface area (Å²) in [5.74, 6) is -0.0900. The van der Waals surface area contributed by atoms with Crippen LogP contribution in [0.2, 0.25) is 0 Å². The van der Waals surface area contributed by atoms with Gasteiger partial charge in [-0.15, -0.1) is 0 Å². The van der Waals surface area contributed by atoms with Crippen molar-refractivity contribution in [2.45, 2.75) is 44.2 Å². The molecule has 2 aromatic carbocycles. The van der Waals surface area contributed by atoms with E-state index in [4.69, 9.17) is 5.26 Å². The third-order valence-corrected chi connectivity index (χ3v) is 7.44. The van der Waals surface area contributed by atoms with Gasteiger partial charge in [0.15, 0.2) is 0 Å². The van der Waals surface area contributed by atoms with Gasteiger partial charge in [0.25, 0.3) is 0 Å². The van der Waals surface area contributed by atoms with E-state index in [9.17, 15) is 13.2 Å². The van der Waals surface area contributed by atoms with Crippen LogP contribution in [0.5, 0.6) is 0 Å². The molecule has 0 unspecified atom stereocenters. The van der Waals surface area contributed by atoms with Crippen molar-refractivity contribution in [2.24, 2.45) is 5.92 Å². The van der Waals surface area contributed by atoms with Gasteiger partial charge in [0.05, 0.1) is 16.5 Å². The van der Waals surface area contributed by atoms with Gasteiger partial charge in [0.1, 0.15) is 0 Å². The highest BCUT2D eigenvalue weighted by molar-refractivity contribution is 7.89. The molecule has 30 heavy (non-hydrogen) atoms. The molecule has 0 aromatic heterocycles. The molecule has 1 heterocycles. The van der Waals surface area contributed by atoms with Crippen molar-refractivity contribution in [1.29, 1.82) is 5.26 Å². The zero-order valence-electron chi connectivity index (χ0n) is 17.4. The summed E-state index contributed by atoms with van der Waals surface area (Å²) >= 11 is 0. The van der Waals surface area contributed by atoms with Crippen LogP contribution >= 0.6 is 0 Å². The Morgan fingerprint density at radius 3 is 2.23 bits per heavy atom. The van der Waals surface area contributed by atoms with Gasteiger partial charge in [-0.1, -0.05) is 30.3 Å². The minimum Gasteiger partial charge on any atom is -0.336 e. The number of hydrogen-bond acceptors (Lipinski definition) is 4. The molecule has 6 nitrogen and oxygen atoms in total. The molecule has 0 saturated carbocycles. The molecule has 0 spiro atoms. The van der Waals surface area contributed by atoms with Crippen molar-refractivity contribution in [3.63, 3.8) is 0 Å². The average molecular weight is 426 g/mol. The molecule has 1 amide bonds. The highest BCUT2D eigenvalue weighted by Gasteiger charge is 2.34. The van der Waals surface area contributed by atoms with Gasteiger partial charge >= 0.3 is 0 Å². The molecule has 1 saturated heterocycles. The van der Waals surface area contributed by atoms with Gasteiger partial charge in [-0.3, -0.25) is 4.79 Å². The summed E-state index contributed by atoms with van der Waals surface area (Å²) < 4.78 is 27.2. The van der Waals surface area contributed by atoms with E-state index in [1.165, 1.54) is 28.6 Å². The van der Waals surface area contributed by atoms with Crippen molar-refractivity contribution in [3.05, 3.63) is 65.7 Å². The topological polar surface area (TPSA) is 81.5 Å². The van der Waals surface area contributed by atoms with E-state index in [0.717, 1.165) is 5.56 Å². The Morgan fingerprint density at radius 2 is 1.70 bits per heavy atom. The van der Waals surface area contributed by atoms with Crippen LogP contribution in [0.25, 0.3) is 0 Å². The number of piperidine rings is 1. The monoisotopic (exact) mass is 425 g/mol. The van der Waals surface area contributed by atoms with Crippen LogP contribution in [0.3, 0.4) is 0 Å². The van der Waals surface area contributed by atoms with Gasteiger partial charge in [-0.2, -0.15) is 9.57 Å². The molecule has 0 radical (unpaired) electrons. The molecule has 3 rings (SSSR count). The Bertz CT molecular complexity index is 1000. The Balaban J connectivity index is 1.66. The van der Waals surface area contributed by atoms with Crippen LogP contribution in [-0.2, 0) is 21.4 Å². The van der Waals surface area contributed by atoms with Crippen molar-refractivity contribution in [3.8, 4) is 6.07 Å². The predicted molar refractivity (Wildman–Crippen MR) is 115 cm³/mol. The van der Waals surface area contributed by atoms with Gasteiger partial charge < -0.3 is 4.90 Å². The number of sulfonamides is 1. The molecule has 0 N–H and O–H groups in total. The van der Waals surface area contributed by atoms with Gasteiger partial charge in [-0.05, 0) is 56.5 Å². The number of carbonyl (C=O) groups excluding carboxylic acids is 1. The Hall–Kier alpha value is -2.69. The first-order valence-corrected chi connectivity index (χ1v) is 11.6. The quantitative estimate of drug-likeness (QED) is 0.710. The predicted octanol–water partition coefficient (Wildman–Crippen LogP) is 3.40. The zero-order valence-corrected chi connectivity index (χ0v) is 18.2. The van der Waals surface area contributed by atoms with Crippen LogP contribution in [0.1, 0.15) is 37.8 Å². The summed E-state index contributed by atoms with van der Waals surface area (Å²) in [5, 5.41) is 8.89. The number of hydrogen-bond donors (Lipinski definition) is 0. The summed E-state index contributed by atoms with van der Waals surface area (Å²) in [6.07, 6.45) is 1.01. The SMILES string of the molecule is CC(C)N(Cc1ccccc1)C(=O)C1CCN(S(=O)(=O)c2ccc(C#N)cc2)CC1. The number of nitriles is 1. The van der Waals surface area contributed by atoms with E-state index in [-0.39, 0.29) is 22.8 Å². The third-order valence-electron chi connectivity index (χ3n) is 5.53. The number of amides is 1. The second kappa shape index (κ2) is 9.41. The molecular formula is C23H27N3O3S. The fourth-order valence-electron chi connectivity index (χ4n) is 3.72. The minimum absolute atomic E-state index is 0.0677. The second-order valence-corrected chi connectivity index (χ2v) is 9.80. The van der Waals surface area contributed by atoms with Crippen molar-refractivity contribution in [1.82, 2.24) is 9.21 Å². The summed E-state index contributed by atoms with van der Waals surface area (Å²) in [5.41, 5.74) is 1.51. The van der Waals surface area contributed by atoms with Crippen molar-refractivity contribution < 1.29 is 13.2 Å². The normalized spacial score (nSPS) is 15.7. The first kappa shape index (κ1) is 22.0. The number of benzene rings is 2. The van der Waals surface area contributed by atoms with Crippen LogP contribution in [0.4, 0.5) is 0 Å². The van der Waals surface area contributed by atoms with E-state index in [1.54, 1.807) is 0 Å². The van der Waals surface area contributed by atoms with E-state index < -0.39 is 10.0 Å². The smallest absolute Gasteiger partial charge is 0.243 e. The van der Waals surface area contributed by atoms with Gasteiger partial charge in [-0.25, -0.2) is 8.42 Å². The lowest BCUT2D eigenvalue weighted by Crippen LogP contribution is -2.46. The molecule has 158 valence electrons. The van der Waals surface area contributed by atoms with E-state index >= 15 is 0 Å². The van der Waals surface area contributed by atoms with Crippen molar-refractivity contribution in [2.75, 3.05) is 13.1 Å². The molecule has 0 aliphatic carbocycles. The highest BCUT2D eigenvalue weighted by Crippen LogP contribution is 2.26. The number of nitrogens with zero attached hydrogens (tertiary/aromatic N) is 3. The fourth-order valence-corrected chi connectivity index (χ4v) is 5.19. The van der Waals surface area contributed by atoms with Crippen LogP contribution < -0.4 is 0 Å². The molecular weight excluding hydrogens is 398 g/mol. The lowest BCUT2D eigenvalue weighted by Gasteiger charge is -2.35. The molecule has 1 aliphatic rings. The summed E-state index contributed by atoms with van der Waals surface area (Å²) in [6, 6.07) is 17.9. The minimum atomic E-state index is -3.62. The maximum atomic E-state index is 13.2. The van der Waals surface area contributed by atoms with Crippen LogP contribution in [0, 0.1) is 17.2 Å². The summed E-state index contributed by atoms with van der Waals surface area (Å²) in [4.78, 5) is 15.2. The molecule has 0 atom stereocenters. The maximum Gasteiger partial charge on any atom is 0.243 e. The summed E-state index contributed by atoms with van der Waals surface area (Å²) in [7, 11) is -3.62. The molecule has 1 fully saturated rings. The average Bonchev–Trinajstić information content (AvgIpc) is 2.77. The Labute approximate surface area is 178 Å². The fraction of sp³-hybridized carbons (Fsp3) is 0.391. The summed E-state index contributed by atoms with van der Waals surface area (Å²) in [6.45, 7) is 5.20.